The quantitative estimate of drug-likeness (QED) is 0.689. The summed E-state index contributed by atoms with van der Waals surface area (Å²) in [5.41, 5.74) is 3.13. The van der Waals surface area contributed by atoms with E-state index < -0.39 is 0 Å². The van der Waals surface area contributed by atoms with Crippen molar-refractivity contribution in [3.05, 3.63) is 41.3 Å². The minimum absolute atomic E-state index is 0.0375. The maximum Gasteiger partial charge on any atom is 0.254 e. The number of nitrogens with zero attached hydrogens (tertiary/aromatic N) is 3. The molecule has 4 bridgehead atoms. The molecule has 2 heterocycles. The van der Waals surface area contributed by atoms with E-state index >= 15 is 0 Å². The minimum atomic E-state index is -0.0375. The van der Waals surface area contributed by atoms with Crippen LogP contribution in [0.1, 0.15) is 60.1 Å². The van der Waals surface area contributed by atoms with E-state index in [1.54, 1.807) is 38.7 Å². The molecule has 0 saturated heterocycles. The second kappa shape index (κ2) is 8.43. The van der Waals surface area contributed by atoms with Crippen molar-refractivity contribution in [3.63, 3.8) is 0 Å². The van der Waals surface area contributed by atoms with E-state index in [-0.39, 0.29) is 5.91 Å². The first-order chi connectivity index (χ1) is 16.5. The highest BCUT2D eigenvalue weighted by Gasteiger charge is 2.50. The number of hydrogen-bond acceptors (Lipinski definition) is 6. The van der Waals surface area contributed by atoms with Gasteiger partial charge in [-0.3, -0.25) is 4.79 Å². The third kappa shape index (κ3) is 3.89. The van der Waals surface area contributed by atoms with Crippen LogP contribution in [0.3, 0.4) is 0 Å². The maximum absolute atomic E-state index is 13.3. The molecule has 34 heavy (non-hydrogen) atoms. The SMILES string of the molecule is COc1cc(OC)cc(C(=O)N2CCc3c(ncnc3NCC34CC5CC(CC(C5)C3)C4)C2)c1. The Morgan fingerprint density at radius 2 is 1.68 bits per heavy atom. The van der Waals surface area contributed by atoms with Crippen LogP contribution >= 0.6 is 0 Å². The summed E-state index contributed by atoms with van der Waals surface area (Å²) >= 11 is 0. The summed E-state index contributed by atoms with van der Waals surface area (Å²) in [5, 5.41) is 3.75. The summed E-state index contributed by atoms with van der Waals surface area (Å²) in [6.07, 6.45) is 10.9. The lowest BCUT2D eigenvalue weighted by molar-refractivity contribution is -0.0444. The van der Waals surface area contributed by atoms with Crippen molar-refractivity contribution in [1.29, 1.82) is 0 Å². The molecule has 1 N–H and O–H groups in total. The van der Waals surface area contributed by atoms with Crippen LogP contribution in [-0.2, 0) is 13.0 Å². The van der Waals surface area contributed by atoms with Crippen molar-refractivity contribution < 1.29 is 14.3 Å². The monoisotopic (exact) mass is 462 g/mol. The number of amides is 1. The van der Waals surface area contributed by atoms with Gasteiger partial charge in [-0.05, 0) is 80.2 Å². The third-order valence-corrected chi connectivity index (χ3v) is 8.69. The standard InChI is InChI=1S/C27H34N4O3/c1-33-21-8-20(9-22(10-21)34-2)26(32)31-4-3-23-24(14-31)29-16-30-25(23)28-15-27-11-17-5-18(12-27)7-19(6-17)13-27/h8-10,16-19H,3-7,11-15H2,1-2H3,(H,28,29,30). The zero-order valence-electron chi connectivity index (χ0n) is 20.2. The molecule has 2 aromatic rings. The van der Waals surface area contributed by atoms with Gasteiger partial charge in [0.15, 0.2) is 0 Å². The number of aromatic nitrogens is 2. The smallest absolute Gasteiger partial charge is 0.254 e. The molecule has 0 radical (unpaired) electrons. The molecule has 4 aliphatic carbocycles. The lowest BCUT2D eigenvalue weighted by atomic mass is 9.49. The molecule has 1 aromatic heterocycles. The number of methoxy groups -OCH3 is 2. The number of carbonyl (C=O) groups excluding carboxylic acids is 1. The highest BCUT2D eigenvalue weighted by atomic mass is 16.5. The number of benzene rings is 1. The molecule has 4 saturated carbocycles. The lowest BCUT2D eigenvalue weighted by Crippen LogP contribution is -2.49. The molecular formula is C27H34N4O3. The van der Waals surface area contributed by atoms with E-state index in [0.717, 1.165) is 42.2 Å². The number of fused-ring (bicyclic) bond motifs is 1. The average Bonchev–Trinajstić information content (AvgIpc) is 2.85. The first-order valence-corrected chi connectivity index (χ1v) is 12.6. The molecule has 7 nitrogen and oxygen atoms in total. The van der Waals surface area contributed by atoms with Crippen LogP contribution in [0.25, 0.3) is 0 Å². The molecular weight excluding hydrogens is 428 g/mol. The van der Waals surface area contributed by atoms with Gasteiger partial charge in [0.1, 0.15) is 23.6 Å². The topological polar surface area (TPSA) is 76.6 Å². The van der Waals surface area contributed by atoms with E-state index in [9.17, 15) is 4.79 Å². The van der Waals surface area contributed by atoms with Crippen molar-refractivity contribution in [2.24, 2.45) is 23.2 Å². The van der Waals surface area contributed by atoms with Gasteiger partial charge >= 0.3 is 0 Å². The zero-order valence-corrected chi connectivity index (χ0v) is 20.2. The normalized spacial score (nSPS) is 29.0. The molecule has 0 spiro atoms. The summed E-state index contributed by atoms with van der Waals surface area (Å²) in [6, 6.07) is 5.30. The van der Waals surface area contributed by atoms with Gasteiger partial charge in [-0.25, -0.2) is 9.97 Å². The Kier molecular flexibility index (Phi) is 5.38. The van der Waals surface area contributed by atoms with Crippen molar-refractivity contribution in [1.82, 2.24) is 14.9 Å². The summed E-state index contributed by atoms with van der Waals surface area (Å²) in [7, 11) is 3.18. The number of nitrogens with one attached hydrogen (secondary N) is 1. The van der Waals surface area contributed by atoms with E-state index in [0.29, 0.717) is 35.6 Å². The minimum Gasteiger partial charge on any atom is -0.497 e. The van der Waals surface area contributed by atoms with Crippen LogP contribution in [-0.4, -0.2) is 48.1 Å². The van der Waals surface area contributed by atoms with Gasteiger partial charge in [0.05, 0.1) is 26.5 Å². The Labute approximate surface area is 201 Å². The van der Waals surface area contributed by atoms with E-state index in [4.69, 9.17) is 9.47 Å². The van der Waals surface area contributed by atoms with Gasteiger partial charge in [0, 0.05) is 30.3 Å². The molecule has 1 aliphatic heterocycles. The molecule has 7 heteroatoms. The summed E-state index contributed by atoms with van der Waals surface area (Å²) in [4.78, 5) is 24.3. The van der Waals surface area contributed by atoms with Crippen molar-refractivity contribution >= 4 is 11.7 Å². The van der Waals surface area contributed by atoms with Gasteiger partial charge in [-0.1, -0.05) is 0 Å². The highest BCUT2D eigenvalue weighted by Crippen LogP contribution is 2.59. The Balaban J connectivity index is 1.17. The summed E-state index contributed by atoms with van der Waals surface area (Å²) in [5.74, 6) is 4.99. The Morgan fingerprint density at radius 1 is 1.03 bits per heavy atom. The van der Waals surface area contributed by atoms with Crippen LogP contribution in [0, 0.1) is 23.2 Å². The largest absolute Gasteiger partial charge is 0.497 e. The second-order valence-corrected chi connectivity index (χ2v) is 11.0. The second-order valence-electron chi connectivity index (χ2n) is 11.0. The van der Waals surface area contributed by atoms with E-state index in [1.165, 1.54) is 44.1 Å². The van der Waals surface area contributed by atoms with Gasteiger partial charge in [-0.2, -0.15) is 0 Å². The van der Waals surface area contributed by atoms with Crippen molar-refractivity contribution in [2.45, 2.75) is 51.5 Å². The van der Waals surface area contributed by atoms with Crippen molar-refractivity contribution in [3.8, 4) is 11.5 Å². The van der Waals surface area contributed by atoms with Crippen LogP contribution in [0.5, 0.6) is 11.5 Å². The van der Waals surface area contributed by atoms with Gasteiger partial charge in [0.2, 0.25) is 0 Å². The van der Waals surface area contributed by atoms with Gasteiger partial charge in [0.25, 0.3) is 5.91 Å². The fourth-order valence-electron chi connectivity index (χ4n) is 7.57. The van der Waals surface area contributed by atoms with E-state index in [1.807, 2.05) is 4.90 Å². The first-order valence-electron chi connectivity index (χ1n) is 12.6. The number of carbonyl (C=O) groups is 1. The molecule has 1 amide bonds. The predicted molar refractivity (Wildman–Crippen MR) is 129 cm³/mol. The number of anilines is 1. The van der Waals surface area contributed by atoms with Crippen LogP contribution < -0.4 is 14.8 Å². The number of hydrogen-bond donors (Lipinski definition) is 1. The zero-order chi connectivity index (χ0) is 23.3. The number of rotatable bonds is 6. The van der Waals surface area contributed by atoms with Gasteiger partial charge < -0.3 is 19.7 Å². The Hall–Kier alpha value is -2.83. The Morgan fingerprint density at radius 3 is 2.29 bits per heavy atom. The third-order valence-electron chi connectivity index (χ3n) is 8.69. The molecule has 0 unspecified atom stereocenters. The molecule has 180 valence electrons. The predicted octanol–water partition coefficient (Wildman–Crippen LogP) is 4.32. The molecule has 0 atom stereocenters. The summed E-state index contributed by atoms with van der Waals surface area (Å²) in [6.45, 7) is 2.15. The van der Waals surface area contributed by atoms with Crippen LogP contribution in [0.15, 0.2) is 24.5 Å². The molecule has 5 aliphatic rings. The lowest BCUT2D eigenvalue weighted by Gasteiger charge is -2.57. The first kappa shape index (κ1) is 21.7. The fraction of sp³-hybridized carbons (Fsp3) is 0.593. The maximum atomic E-state index is 13.3. The van der Waals surface area contributed by atoms with E-state index in [2.05, 4.69) is 15.3 Å². The van der Waals surface area contributed by atoms with Crippen LogP contribution in [0.4, 0.5) is 5.82 Å². The van der Waals surface area contributed by atoms with Gasteiger partial charge in [-0.15, -0.1) is 0 Å². The molecule has 4 fully saturated rings. The number of ether oxygens (including phenoxy) is 2. The highest BCUT2D eigenvalue weighted by molar-refractivity contribution is 5.95. The summed E-state index contributed by atoms with van der Waals surface area (Å²) < 4.78 is 10.7. The Bertz CT molecular complexity index is 1040. The van der Waals surface area contributed by atoms with Crippen LogP contribution in [0.2, 0.25) is 0 Å². The molecule has 1 aromatic carbocycles. The average molecular weight is 463 g/mol. The van der Waals surface area contributed by atoms with Crippen molar-refractivity contribution in [2.75, 3.05) is 32.6 Å². The molecule has 7 rings (SSSR count). The fourth-order valence-corrected chi connectivity index (χ4v) is 7.57.